The van der Waals surface area contributed by atoms with Crippen LogP contribution in [-0.2, 0) is 16.0 Å². The zero-order valence-corrected chi connectivity index (χ0v) is 20.5. The van der Waals surface area contributed by atoms with Gasteiger partial charge in [0.2, 0.25) is 5.91 Å². The number of rotatable bonds is 9. The highest BCUT2D eigenvalue weighted by molar-refractivity contribution is 5.80. The highest BCUT2D eigenvalue weighted by atomic mass is 19.1. The molecule has 7 nitrogen and oxygen atoms in total. The molecule has 0 aliphatic rings. The molecule has 4 rings (SSSR count). The molecule has 36 heavy (non-hydrogen) atoms. The molecule has 0 spiro atoms. The number of carbonyl (C=O) groups is 1. The van der Waals surface area contributed by atoms with Gasteiger partial charge in [-0.3, -0.25) is 14.2 Å². The maximum absolute atomic E-state index is 13.7. The highest BCUT2D eigenvalue weighted by Gasteiger charge is 2.27. The van der Waals surface area contributed by atoms with Crippen LogP contribution in [0.2, 0.25) is 0 Å². The first kappa shape index (κ1) is 25.1. The van der Waals surface area contributed by atoms with Crippen LogP contribution in [0.4, 0.5) is 4.39 Å². The lowest BCUT2D eigenvalue weighted by atomic mass is 10.1. The predicted molar refractivity (Wildman–Crippen MR) is 136 cm³/mol. The molecule has 1 atom stereocenters. The SMILES string of the molecule is COCCN(C(=O)Cc1ccc(OC)cc1)C(C)c1nc2ccccc2c(=O)n1-c1ccc(F)cc1. The molecule has 1 aromatic heterocycles. The normalized spacial score (nSPS) is 11.9. The minimum Gasteiger partial charge on any atom is -0.497 e. The van der Waals surface area contributed by atoms with Crippen LogP contribution in [0.1, 0.15) is 24.4 Å². The number of benzene rings is 3. The third kappa shape index (κ3) is 5.28. The molecule has 1 heterocycles. The fourth-order valence-electron chi connectivity index (χ4n) is 4.15. The molecule has 0 aliphatic heterocycles. The van der Waals surface area contributed by atoms with E-state index in [1.165, 1.54) is 28.8 Å². The molecule has 0 bridgehead atoms. The molecule has 8 heteroatoms. The lowest BCUT2D eigenvalue weighted by Crippen LogP contribution is -2.40. The first-order valence-corrected chi connectivity index (χ1v) is 11.6. The number of fused-ring (bicyclic) bond motifs is 1. The lowest BCUT2D eigenvalue weighted by Gasteiger charge is -2.30. The van der Waals surface area contributed by atoms with E-state index in [1.54, 1.807) is 37.3 Å². The van der Waals surface area contributed by atoms with E-state index >= 15 is 0 Å². The van der Waals surface area contributed by atoms with Crippen molar-refractivity contribution in [3.05, 3.63) is 100 Å². The van der Waals surface area contributed by atoms with Crippen LogP contribution in [0.15, 0.2) is 77.6 Å². The van der Waals surface area contributed by atoms with Gasteiger partial charge in [-0.25, -0.2) is 9.37 Å². The number of aromatic nitrogens is 2. The number of hydrogen-bond donors (Lipinski definition) is 0. The summed E-state index contributed by atoms with van der Waals surface area (Å²) in [5, 5.41) is 0.436. The molecule has 0 fully saturated rings. The van der Waals surface area contributed by atoms with Gasteiger partial charge in [-0.15, -0.1) is 0 Å². The van der Waals surface area contributed by atoms with Gasteiger partial charge in [-0.2, -0.15) is 0 Å². The fraction of sp³-hybridized carbons (Fsp3) is 0.250. The minimum atomic E-state index is -0.576. The Morgan fingerprint density at radius 3 is 2.39 bits per heavy atom. The highest BCUT2D eigenvalue weighted by Crippen LogP contribution is 2.24. The molecule has 1 amide bonds. The zero-order valence-electron chi connectivity index (χ0n) is 20.5. The zero-order chi connectivity index (χ0) is 25.7. The van der Waals surface area contributed by atoms with Crippen molar-refractivity contribution in [1.29, 1.82) is 0 Å². The van der Waals surface area contributed by atoms with E-state index in [2.05, 4.69) is 0 Å². The van der Waals surface area contributed by atoms with Crippen molar-refractivity contribution in [3.8, 4) is 11.4 Å². The van der Waals surface area contributed by atoms with E-state index in [-0.39, 0.29) is 17.9 Å². The number of nitrogens with zero attached hydrogens (tertiary/aromatic N) is 3. The summed E-state index contributed by atoms with van der Waals surface area (Å²) >= 11 is 0. The summed E-state index contributed by atoms with van der Waals surface area (Å²) in [7, 11) is 3.16. The van der Waals surface area contributed by atoms with Crippen molar-refractivity contribution < 1.29 is 18.7 Å². The molecule has 0 saturated carbocycles. The van der Waals surface area contributed by atoms with Gasteiger partial charge in [0.15, 0.2) is 0 Å². The van der Waals surface area contributed by atoms with Crippen LogP contribution in [0.3, 0.4) is 0 Å². The van der Waals surface area contributed by atoms with E-state index in [9.17, 15) is 14.0 Å². The van der Waals surface area contributed by atoms with Gasteiger partial charge < -0.3 is 14.4 Å². The fourth-order valence-corrected chi connectivity index (χ4v) is 4.15. The van der Waals surface area contributed by atoms with Crippen molar-refractivity contribution >= 4 is 16.8 Å². The average Bonchev–Trinajstić information content (AvgIpc) is 2.90. The molecule has 0 aliphatic carbocycles. The van der Waals surface area contributed by atoms with E-state index in [1.807, 2.05) is 37.3 Å². The minimum absolute atomic E-state index is 0.141. The summed E-state index contributed by atoms with van der Waals surface area (Å²) in [5.74, 6) is 0.535. The first-order chi connectivity index (χ1) is 17.4. The smallest absolute Gasteiger partial charge is 0.266 e. The van der Waals surface area contributed by atoms with Crippen LogP contribution in [-0.4, -0.2) is 47.7 Å². The summed E-state index contributed by atoms with van der Waals surface area (Å²) < 4.78 is 25.6. The second-order valence-corrected chi connectivity index (χ2v) is 8.38. The number of para-hydroxylation sites is 1. The van der Waals surface area contributed by atoms with Crippen molar-refractivity contribution in [3.63, 3.8) is 0 Å². The summed E-state index contributed by atoms with van der Waals surface area (Å²) in [6, 6.07) is 19.4. The Balaban J connectivity index is 1.78. The van der Waals surface area contributed by atoms with Crippen molar-refractivity contribution in [2.75, 3.05) is 27.4 Å². The second-order valence-electron chi connectivity index (χ2n) is 8.38. The van der Waals surface area contributed by atoms with Crippen molar-refractivity contribution in [1.82, 2.24) is 14.5 Å². The van der Waals surface area contributed by atoms with Crippen LogP contribution < -0.4 is 10.3 Å². The van der Waals surface area contributed by atoms with Crippen molar-refractivity contribution in [2.45, 2.75) is 19.4 Å². The number of carbonyl (C=O) groups excluding carboxylic acids is 1. The van der Waals surface area contributed by atoms with E-state index in [4.69, 9.17) is 14.5 Å². The van der Waals surface area contributed by atoms with Crippen LogP contribution in [0.25, 0.3) is 16.6 Å². The number of ether oxygens (including phenoxy) is 2. The molecule has 4 aromatic rings. The summed E-state index contributed by atoms with van der Waals surface area (Å²) in [6.45, 7) is 2.45. The largest absolute Gasteiger partial charge is 0.497 e. The van der Waals surface area contributed by atoms with Gasteiger partial charge in [-0.05, 0) is 61.0 Å². The van der Waals surface area contributed by atoms with Gasteiger partial charge in [0.05, 0.1) is 42.8 Å². The Morgan fingerprint density at radius 2 is 1.72 bits per heavy atom. The number of methoxy groups -OCH3 is 2. The Kier molecular flexibility index (Phi) is 7.75. The maximum atomic E-state index is 13.7. The third-order valence-corrected chi connectivity index (χ3v) is 6.10. The Bertz CT molecular complexity index is 1400. The third-order valence-electron chi connectivity index (χ3n) is 6.10. The topological polar surface area (TPSA) is 73.7 Å². The molecule has 0 radical (unpaired) electrons. The van der Waals surface area contributed by atoms with Gasteiger partial charge in [-0.1, -0.05) is 24.3 Å². The van der Waals surface area contributed by atoms with Crippen LogP contribution in [0.5, 0.6) is 5.75 Å². The Hall–Kier alpha value is -4.04. The standard InChI is InChI=1S/C28H28FN3O4/c1-19(31(16-17-35-2)26(33)18-20-8-14-23(36-3)15-9-20)27-30-25-7-5-4-6-24(25)28(34)32(27)22-12-10-21(29)11-13-22/h4-15,19H,16-18H2,1-3H3. The molecule has 1 unspecified atom stereocenters. The van der Waals surface area contributed by atoms with E-state index in [0.717, 1.165) is 5.56 Å². The molecule has 0 saturated heterocycles. The summed E-state index contributed by atoms with van der Waals surface area (Å²) in [5.41, 5.74) is 1.54. The Labute approximate surface area is 208 Å². The van der Waals surface area contributed by atoms with E-state index < -0.39 is 11.9 Å². The molecular formula is C28H28FN3O4. The quantitative estimate of drug-likeness (QED) is 0.350. The predicted octanol–water partition coefficient (Wildman–Crippen LogP) is 4.31. The van der Waals surface area contributed by atoms with Gasteiger partial charge >= 0.3 is 0 Å². The van der Waals surface area contributed by atoms with Crippen molar-refractivity contribution in [2.24, 2.45) is 0 Å². The molecule has 186 valence electrons. The molecule has 3 aromatic carbocycles. The van der Waals surface area contributed by atoms with E-state index in [0.29, 0.717) is 41.3 Å². The second kappa shape index (κ2) is 11.1. The first-order valence-electron chi connectivity index (χ1n) is 11.6. The molecular weight excluding hydrogens is 461 g/mol. The lowest BCUT2D eigenvalue weighted by molar-refractivity contribution is -0.133. The molecule has 0 N–H and O–H groups in total. The Morgan fingerprint density at radius 1 is 1.03 bits per heavy atom. The monoisotopic (exact) mass is 489 g/mol. The van der Waals surface area contributed by atoms with Gasteiger partial charge in [0.1, 0.15) is 17.4 Å². The van der Waals surface area contributed by atoms with Gasteiger partial charge in [0.25, 0.3) is 5.56 Å². The average molecular weight is 490 g/mol. The maximum Gasteiger partial charge on any atom is 0.266 e. The number of hydrogen-bond acceptors (Lipinski definition) is 5. The van der Waals surface area contributed by atoms with Gasteiger partial charge in [0, 0.05) is 13.7 Å². The van der Waals surface area contributed by atoms with Crippen LogP contribution in [0, 0.1) is 5.82 Å². The summed E-state index contributed by atoms with van der Waals surface area (Å²) in [4.78, 5) is 33.5. The van der Waals surface area contributed by atoms with Crippen LogP contribution >= 0.6 is 0 Å². The summed E-state index contributed by atoms with van der Waals surface area (Å²) in [6.07, 6.45) is 0.159. The number of halogens is 1. The number of amides is 1.